The third kappa shape index (κ3) is 6.04. The van der Waals surface area contributed by atoms with Gasteiger partial charge >= 0.3 is 17.9 Å². The van der Waals surface area contributed by atoms with Gasteiger partial charge in [0.05, 0.1) is 35.3 Å². The van der Waals surface area contributed by atoms with Gasteiger partial charge in [-0.1, -0.05) is 0 Å². The number of azo groups is 1. The molecule has 5 rings (SSSR count). The van der Waals surface area contributed by atoms with Crippen molar-refractivity contribution in [1.82, 2.24) is 34.5 Å². The number of carboxylic acid groups (broad SMARTS) is 2. The Morgan fingerprint density at radius 3 is 2.44 bits per heavy atom. The Balaban J connectivity index is 1.48. The van der Waals surface area contributed by atoms with Crippen LogP contribution >= 0.6 is 0 Å². The quantitative estimate of drug-likeness (QED) is 0.0861. The number of carbonyl (C=O) groups excluding carboxylic acids is 1. The highest BCUT2D eigenvalue weighted by molar-refractivity contribution is 5.90. The Hall–Kier alpha value is -7.23. The molecular weight excluding hydrogens is 592 g/mol. The third-order valence-corrected chi connectivity index (χ3v) is 5.91. The standard InChI is InChI=1S/C26H18N12O7/c1-12-19(34-35-21-18(28-2)10-29-37(21)16-5-3-13(4-6-16)22(40)41)20(27)38(36-12)25-31-24(32-26(44)33-25)30-15-7-14(23(42)43)8-17(9-15)45-11-39/h3-11H,27H2,1H3,(H,40,41)(H,42,43)(H2,30,31,32,33,44). The zero-order chi connectivity index (χ0) is 32.2. The molecule has 19 nitrogen and oxygen atoms in total. The Morgan fingerprint density at radius 1 is 1.04 bits per heavy atom. The SMILES string of the molecule is [C-]#[N+]c1cnn(-c2ccc(C(=O)O)cc2)c1N=Nc1c(C)nn(-c2nc(O)nc(Nc3cc(OC=O)cc(C(=O)O)c3)n2)c1N. The van der Waals surface area contributed by atoms with Crippen molar-refractivity contribution >= 4 is 53.1 Å². The summed E-state index contributed by atoms with van der Waals surface area (Å²) in [4.78, 5) is 48.7. The van der Waals surface area contributed by atoms with Gasteiger partial charge in [-0.25, -0.2) is 19.1 Å². The Kier molecular flexibility index (Phi) is 7.77. The molecule has 0 aliphatic carbocycles. The van der Waals surface area contributed by atoms with E-state index in [4.69, 9.17) is 22.1 Å². The summed E-state index contributed by atoms with van der Waals surface area (Å²) in [5, 5.41) is 48.2. The molecule has 0 fully saturated rings. The lowest BCUT2D eigenvalue weighted by atomic mass is 10.2. The van der Waals surface area contributed by atoms with Gasteiger partial charge in [-0.05, 0) is 43.3 Å². The predicted octanol–water partition coefficient (Wildman–Crippen LogP) is 3.48. The number of nitrogens with two attached hydrogens (primary N) is 1. The molecule has 0 unspecified atom stereocenters. The van der Waals surface area contributed by atoms with Gasteiger partial charge in [0, 0.05) is 11.8 Å². The lowest BCUT2D eigenvalue weighted by Crippen LogP contribution is -2.10. The highest BCUT2D eigenvalue weighted by Gasteiger charge is 2.20. The fourth-order valence-electron chi connectivity index (χ4n) is 3.90. The maximum Gasteiger partial charge on any atom is 0.335 e. The molecule has 6 N–H and O–H groups in total. The molecule has 0 radical (unpaired) electrons. The fraction of sp³-hybridized carbons (Fsp3) is 0.0385. The Morgan fingerprint density at radius 2 is 1.78 bits per heavy atom. The molecule has 0 bridgehead atoms. The van der Waals surface area contributed by atoms with Gasteiger partial charge in [0.2, 0.25) is 5.95 Å². The molecule has 0 atom stereocenters. The van der Waals surface area contributed by atoms with E-state index in [0.717, 1.165) is 10.7 Å². The van der Waals surface area contributed by atoms with Crippen molar-refractivity contribution in [2.24, 2.45) is 10.2 Å². The summed E-state index contributed by atoms with van der Waals surface area (Å²) < 4.78 is 7.10. The number of aromatic carboxylic acids is 2. The zero-order valence-electron chi connectivity index (χ0n) is 22.7. The van der Waals surface area contributed by atoms with E-state index in [9.17, 15) is 24.6 Å². The van der Waals surface area contributed by atoms with Crippen LogP contribution in [-0.2, 0) is 4.79 Å². The normalized spacial score (nSPS) is 10.8. The second-order valence-electron chi connectivity index (χ2n) is 8.81. The largest absolute Gasteiger partial charge is 0.479 e. The van der Waals surface area contributed by atoms with Crippen LogP contribution in [0.25, 0.3) is 16.5 Å². The van der Waals surface area contributed by atoms with E-state index < -0.39 is 17.9 Å². The number of nitrogens with one attached hydrogen (secondary N) is 1. The average Bonchev–Trinajstić information content (AvgIpc) is 3.54. The molecular formula is C26H18N12O7. The summed E-state index contributed by atoms with van der Waals surface area (Å²) in [7, 11) is 0. The highest BCUT2D eigenvalue weighted by Crippen LogP contribution is 2.35. The summed E-state index contributed by atoms with van der Waals surface area (Å²) in [5.41, 5.74) is 7.04. The number of hydrogen-bond donors (Lipinski definition) is 5. The van der Waals surface area contributed by atoms with Gasteiger partial charge in [0.1, 0.15) is 5.75 Å². The number of carboxylic acids is 2. The first-order chi connectivity index (χ1) is 21.6. The van der Waals surface area contributed by atoms with E-state index in [0.29, 0.717) is 5.69 Å². The van der Waals surface area contributed by atoms with Crippen LogP contribution in [0.3, 0.4) is 0 Å². The monoisotopic (exact) mass is 610 g/mol. The third-order valence-electron chi connectivity index (χ3n) is 5.91. The molecule has 19 heteroatoms. The van der Waals surface area contributed by atoms with Gasteiger partial charge in [-0.2, -0.15) is 29.8 Å². The lowest BCUT2D eigenvalue weighted by molar-refractivity contribution is -0.120. The first-order valence-electron chi connectivity index (χ1n) is 12.3. The zero-order valence-corrected chi connectivity index (χ0v) is 22.7. The van der Waals surface area contributed by atoms with Crippen LogP contribution in [0.5, 0.6) is 11.8 Å². The Labute approximate surface area is 250 Å². The molecule has 3 heterocycles. The van der Waals surface area contributed by atoms with E-state index in [2.05, 4.69) is 45.5 Å². The second kappa shape index (κ2) is 11.9. The van der Waals surface area contributed by atoms with Crippen LogP contribution in [0.1, 0.15) is 26.4 Å². The van der Waals surface area contributed by atoms with Gasteiger partial charge < -0.3 is 31.1 Å². The molecule has 0 aliphatic rings. The number of aryl methyl sites for hydroxylation is 1. The van der Waals surface area contributed by atoms with Gasteiger partial charge in [-0.15, -0.1) is 10.2 Å². The lowest BCUT2D eigenvalue weighted by Gasteiger charge is -2.09. The molecule has 45 heavy (non-hydrogen) atoms. The van der Waals surface area contributed by atoms with Crippen molar-refractivity contribution < 1.29 is 34.4 Å². The molecule has 0 spiro atoms. The van der Waals surface area contributed by atoms with Crippen molar-refractivity contribution in [3.8, 4) is 23.4 Å². The first kappa shape index (κ1) is 29.3. The Bertz CT molecular complexity index is 2040. The highest BCUT2D eigenvalue weighted by atomic mass is 16.5. The maximum absolute atomic E-state index is 11.5. The average molecular weight is 611 g/mol. The van der Waals surface area contributed by atoms with E-state index in [1.54, 1.807) is 6.92 Å². The van der Waals surface area contributed by atoms with Gasteiger partial charge in [0.25, 0.3) is 18.1 Å². The number of ether oxygens (including phenoxy) is 1. The number of benzene rings is 2. The number of carbonyl (C=O) groups is 3. The molecule has 5 aromatic rings. The van der Waals surface area contributed by atoms with Crippen LogP contribution in [-0.4, -0.2) is 68.2 Å². The summed E-state index contributed by atoms with van der Waals surface area (Å²) in [6, 6.07) is 8.64. The smallest absolute Gasteiger partial charge is 0.335 e. The van der Waals surface area contributed by atoms with Crippen LogP contribution in [0.2, 0.25) is 0 Å². The van der Waals surface area contributed by atoms with E-state index in [1.165, 1.54) is 47.3 Å². The number of rotatable bonds is 10. The molecule has 3 aromatic heterocycles. The maximum atomic E-state index is 11.5. The molecule has 2 aromatic carbocycles. The van der Waals surface area contributed by atoms with Crippen molar-refractivity contribution in [2.45, 2.75) is 6.92 Å². The van der Waals surface area contributed by atoms with Crippen molar-refractivity contribution in [3.05, 3.63) is 76.9 Å². The minimum atomic E-state index is -1.29. The molecule has 0 saturated heterocycles. The summed E-state index contributed by atoms with van der Waals surface area (Å²) in [5.74, 6) is -3.05. The number of aromatic nitrogens is 7. The number of nitrogen functional groups attached to an aromatic ring is 1. The minimum absolute atomic E-state index is 0.0328. The fourth-order valence-corrected chi connectivity index (χ4v) is 3.90. The van der Waals surface area contributed by atoms with Gasteiger partial charge in [-0.3, -0.25) is 4.79 Å². The topological polar surface area (TPSA) is 263 Å². The summed E-state index contributed by atoms with van der Waals surface area (Å²) in [6.07, 6.45) is 1.27. The van der Waals surface area contributed by atoms with Crippen LogP contribution in [0.4, 0.5) is 34.6 Å². The number of aromatic hydroxyl groups is 1. The van der Waals surface area contributed by atoms with E-state index in [-0.39, 0.29) is 69.6 Å². The van der Waals surface area contributed by atoms with Crippen LogP contribution in [0.15, 0.2) is 58.9 Å². The summed E-state index contributed by atoms with van der Waals surface area (Å²) >= 11 is 0. The molecule has 0 aliphatic heterocycles. The van der Waals surface area contributed by atoms with Crippen molar-refractivity contribution in [3.63, 3.8) is 0 Å². The number of nitrogens with zero attached hydrogens (tertiary/aromatic N) is 10. The van der Waals surface area contributed by atoms with Crippen molar-refractivity contribution in [1.29, 1.82) is 0 Å². The predicted molar refractivity (Wildman–Crippen MR) is 152 cm³/mol. The van der Waals surface area contributed by atoms with Crippen molar-refractivity contribution in [2.75, 3.05) is 11.1 Å². The second-order valence-corrected chi connectivity index (χ2v) is 8.81. The molecule has 0 saturated carbocycles. The minimum Gasteiger partial charge on any atom is -0.479 e. The number of anilines is 3. The first-order valence-corrected chi connectivity index (χ1v) is 12.3. The van der Waals surface area contributed by atoms with E-state index >= 15 is 0 Å². The van der Waals surface area contributed by atoms with Crippen LogP contribution in [0, 0.1) is 13.5 Å². The van der Waals surface area contributed by atoms with Gasteiger partial charge in [0.15, 0.2) is 17.3 Å². The molecule has 224 valence electrons. The molecule has 0 amide bonds. The van der Waals surface area contributed by atoms with Crippen LogP contribution < -0.4 is 15.8 Å². The summed E-state index contributed by atoms with van der Waals surface area (Å²) in [6.45, 7) is 9.16. The van der Waals surface area contributed by atoms with E-state index in [1.807, 2.05) is 0 Å². The number of hydrogen-bond acceptors (Lipinski definition) is 14.